The van der Waals surface area contributed by atoms with Crippen molar-refractivity contribution in [3.63, 3.8) is 0 Å². The molecule has 15 heavy (non-hydrogen) atoms. The number of thiazole rings is 1. The zero-order chi connectivity index (χ0) is 10.7. The fourth-order valence-electron chi connectivity index (χ4n) is 1.64. The molecule has 1 saturated heterocycles. The van der Waals surface area contributed by atoms with Crippen LogP contribution in [0.5, 0.6) is 0 Å². The monoisotopic (exact) mass is 226 g/mol. The molecule has 0 aliphatic carbocycles. The second-order valence-electron chi connectivity index (χ2n) is 3.42. The van der Waals surface area contributed by atoms with Crippen molar-refractivity contribution in [3.8, 4) is 0 Å². The lowest BCUT2D eigenvalue weighted by atomic mass is 10.2. The molecular weight excluding hydrogens is 212 g/mol. The average Bonchev–Trinajstić information content (AvgIpc) is 2.82. The van der Waals surface area contributed by atoms with Gasteiger partial charge < -0.3 is 9.64 Å². The van der Waals surface area contributed by atoms with Gasteiger partial charge in [-0.25, -0.2) is 4.98 Å². The minimum atomic E-state index is -0.0331. The van der Waals surface area contributed by atoms with Crippen LogP contribution >= 0.6 is 11.3 Å². The molecule has 0 bridgehead atoms. The van der Waals surface area contributed by atoms with Crippen LogP contribution in [-0.4, -0.2) is 35.5 Å². The largest absolute Gasteiger partial charge is 0.367 e. The van der Waals surface area contributed by atoms with Crippen molar-refractivity contribution in [1.82, 2.24) is 9.88 Å². The summed E-state index contributed by atoms with van der Waals surface area (Å²) in [6, 6.07) is 0. The first kappa shape index (κ1) is 10.6. The van der Waals surface area contributed by atoms with Gasteiger partial charge in [-0.2, -0.15) is 0 Å². The van der Waals surface area contributed by atoms with Crippen LogP contribution in [0, 0.1) is 0 Å². The normalized spacial score (nSPS) is 21.7. The Hall–Kier alpha value is -0.940. The third-order valence-electron chi connectivity index (χ3n) is 2.45. The summed E-state index contributed by atoms with van der Waals surface area (Å²) in [6.07, 6.45) is 2.29. The SMILES string of the molecule is CCC(=O)N1CCOC(c2nccs2)C1. The molecule has 1 amide bonds. The number of morpholine rings is 1. The zero-order valence-electron chi connectivity index (χ0n) is 8.68. The van der Waals surface area contributed by atoms with Crippen molar-refractivity contribution >= 4 is 17.2 Å². The fourth-order valence-corrected chi connectivity index (χ4v) is 2.32. The summed E-state index contributed by atoms with van der Waals surface area (Å²) in [5.74, 6) is 0.194. The first-order chi connectivity index (χ1) is 7.31. The van der Waals surface area contributed by atoms with E-state index in [1.165, 1.54) is 0 Å². The highest BCUT2D eigenvalue weighted by Gasteiger charge is 2.25. The lowest BCUT2D eigenvalue weighted by Crippen LogP contribution is -2.41. The van der Waals surface area contributed by atoms with Crippen molar-refractivity contribution in [1.29, 1.82) is 0 Å². The molecule has 1 atom stereocenters. The Bertz CT molecular complexity index is 326. The van der Waals surface area contributed by atoms with Gasteiger partial charge in [-0.3, -0.25) is 4.79 Å². The summed E-state index contributed by atoms with van der Waals surface area (Å²) in [7, 11) is 0. The molecule has 1 unspecified atom stereocenters. The number of rotatable bonds is 2. The van der Waals surface area contributed by atoms with E-state index in [4.69, 9.17) is 4.74 Å². The van der Waals surface area contributed by atoms with Crippen LogP contribution in [0.2, 0.25) is 0 Å². The van der Waals surface area contributed by atoms with Gasteiger partial charge in [-0.1, -0.05) is 6.92 Å². The highest BCUT2D eigenvalue weighted by atomic mass is 32.1. The zero-order valence-corrected chi connectivity index (χ0v) is 9.50. The maximum Gasteiger partial charge on any atom is 0.222 e. The second-order valence-corrected chi connectivity index (χ2v) is 4.35. The lowest BCUT2D eigenvalue weighted by molar-refractivity contribution is -0.138. The summed E-state index contributed by atoms with van der Waals surface area (Å²) in [5, 5.41) is 2.89. The number of carbonyl (C=O) groups excluding carboxylic acids is 1. The minimum Gasteiger partial charge on any atom is -0.367 e. The topological polar surface area (TPSA) is 42.4 Å². The van der Waals surface area contributed by atoms with Gasteiger partial charge in [0.1, 0.15) is 11.1 Å². The molecule has 2 rings (SSSR count). The van der Waals surface area contributed by atoms with Crippen LogP contribution in [0.3, 0.4) is 0 Å². The molecular formula is C10H14N2O2S. The van der Waals surface area contributed by atoms with Crippen molar-refractivity contribution in [2.45, 2.75) is 19.4 Å². The highest BCUT2D eigenvalue weighted by Crippen LogP contribution is 2.23. The Morgan fingerprint density at radius 1 is 1.80 bits per heavy atom. The van der Waals surface area contributed by atoms with Crippen molar-refractivity contribution in [3.05, 3.63) is 16.6 Å². The predicted octanol–water partition coefficient (Wildman–Crippen LogP) is 1.45. The molecule has 82 valence electrons. The Kier molecular flexibility index (Phi) is 3.33. The van der Waals surface area contributed by atoms with Crippen LogP contribution in [0.25, 0.3) is 0 Å². The quantitative estimate of drug-likeness (QED) is 0.766. The Balaban J connectivity index is 2.01. The maximum absolute atomic E-state index is 11.5. The molecule has 1 aromatic heterocycles. The molecule has 1 aliphatic heterocycles. The van der Waals surface area contributed by atoms with Crippen LogP contribution in [0.15, 0.2) is 11.6 Å². The van der Waals surface area contributed by atoms with Gasteiger partial charge in [0.15, 0.2) is 0 Å². The molecule has 1 aliphatic rings. The third kappa shape index (κ3) is 2.35. The summed E-state index contributed by atoms with van der Waals surface area (Å²) in [6.45, 7) is 3.83. The van der Waals surface area contributed by atoms with Crippen molar-refractivity contribution in [2.75, 3.05) is 19.7 Å². The summed E-state index contributed by atoms with van der Waals surface area (Å²) in [5.41, 5.74) is 0. The molecule has 1 fully saturated rings. The van der Waals surface area contributed by atoms with Gasteiger partial charge in [0.25, 0.3) is 0 Å². The van der Waals surface area contributed by atoms with Crippen molar-refractivity contribution < 1.29 is 9.53 Å². The van der Waals surface area contributed by atoms with Gasteiger partial charge in [-0.15, -0.1) is 11.3 Å². The molecule has 4 nitrogen and oxygen atoms in total. The highest BCUT2D eigenvalue weighted by molar-refractivity contribution is 7.09. The molecule has 2 heterocycles. The summed E-state index contributed by atoms with van der Waals surface area (Å²) >= 11 is 1.58. The van der Waals surface area contributed by atoms with E-state index >= 15 is 0 Å². The first-order valence-corrected chi connectivity index (χ1v) is 5.98. The molecule has 0 aromatic carbocycles. The van der Waals surface area contributed by atoms with E-state index in [0.29, 0.717) is 26.1 Å². The molecule has 0 N–H and O–H groups in total. The van der Waals surface area contributed by atoms with E-state index in [0.717, 1.165) is 5.01 Å². The predicted molar refractivity (Wildman–Crippen MR) is 57.7 cm³/mol. The minimum absolute atomic E-state index is 0.0331. The van der Waals surface area contributed by atoms with Crippen molar-refractivity contribution in [2.24, 2.45) is 0 Å². The van der Waals surface area contributed by atoms with E-state index in [1.54, 1.807) is 17.5 Å². The van der Waals surface area contributed by atoms with Gasteiger partial charge in [0.05, 0.1) is 13.2 Å². The Labute approximate surface area is 92.9 Å². The molecule has 0 radical (unpaired) electrons. The maximum atomic E-state index is 11.5. The number of ether oxygens (including phenoxy) is 1. The van der Waals surface area contributed by atoms with E-state index in [2.05, 4.69) is 4.98 Å². The van der Waals surface area contributed by atoms with Gasteiger partial charge in [0, 0.05) is 24.5 Å². The average molecular weight is 226 g/mol. The van der Waals surface area contributed by atoms with Gasteiger partial charge >= 0.3 is 0 Å². The number of amides is 1. The number of nitrogens with zero attached hydrogens (tertiary/aromatic N) is 2. The molecule has 1 aromatic rings. The smallest absolute Gasteiger partial charge is 0.222 e. The van der Waals surface area contributed by atoms with Crippen LogP contribution < -0.4 is 0 Å². The molecule has 0 saturated carbocycles. The number of carbonyl (C=O) groups is 1. The van der Waals surface area contributed by atoms with E-state index in [9.17, 15) is 4.79 Å². The number of aromatic nitrogens is 1. The summed E-state index contributed by atoms with van der Waals surface area (Å²) in [4.78, 5) is 17.6. The van der Waals surface area contributed by atoms with Gasteiger partial charge in [0.2, 0.25) is 5.91 Å². The van der Waals surface area contributed by atoms with Gasteiger partial charge in [-0.05, 0) is 0 Å². The Morgan fingerprint density at radius 2 is 2.67 bits per heavy atom. The van der Waals surface area contributed by atoms with Crippen LogP contribution in [0.1, 0.15) is 24.5 Å². The van der Waals surface area contributed by atoms with E-state index in [1.807, 2.05) is 17.2 Å². The number of hydrogen-bond donors (Lipinski definition) is 0. The summed E-state index contributed by atoms with van der Waals surface area (Å²) < 4.78 is 5.60. The number of hydrogen-bond acceptors (Lipinski definition) is 4. The van der Waals surface area contributed by atoms with Crippen LogP contribution in [-0.2, 0) is 9.53 Å². The molecule has 5 heteroatoms. The molecule has 0 spiro atoms. The standard InChI is InChI=1S/C10H14N2O2S/c1-2-9(13)12-4-5-14-8(7-12)10-11-3-6-15-10/h3,6,8H,2,4-5,7H2,1H3. The Morgan fingerprint density at radius 3 is 3.33 bits per heavy atom. The van der Waals surface area contributed by atoms with E-state index < -0.39 is 0 Å². The first-order valence-electron chi connectivity index (χ1n) is 5.10. The van der Waals surface area contributed by atoms with Crippen LogP contribution in [0.4, 0.5) is 0 Å². The van der Waals surface area contributed by atoms with E-state index in [-0.39, 0.29) is 12.0 Å². The second kappa shape index (κ2) is 4.72. The lowest BCUT2D eigenvalue weighted by Gasteiger charge is -2.31. The third-order valence-corrected chi connectivity index (χ3v) is 3.32. The fraction of sp³-hybridized carbons (Fsp3) is 0.600.